The zero-order chi connectivity index (χ0) is 21.9. The zero-order valence-corrected chi connectivity index (χ0v) is 19.7. The van der Waals surface area contributed by atoms with E-state index in [1.807, 2.05) is 25.1 Å². The van der Waals surface area contributed by atoms with Crippen molar-refractivity contribution in [2.75, 3.05) is 24.6 Å². The van der Waals surface area contributed by atoms with Gasteiger partial charge in [0.1, 0.15) is 11.5 Å². The number of hydrogen-bond acceptors (Lipinski definition) is 5. The number of hydrogen-bond donors (Lipinski definition) is 0. The SMILES string of the molecule is C#CCn1c(=NC(=O)CS(=O)(=O)CC(=O)N2CCCC(C)C2)sc2cc(Br)ccc21. The molecule has 0 radical (unpaired) electrons. The third-order valence-corrected chi connectivity index (χ3v) is 7.72. The molecule has 0 aliphatic carbocycles. The number of fused-ring (bicyclic) bond motifs is 1. The highest BCUT2D eigenvalue weighted by molar-refractivity contribution is 9.10. The summed E-state index contributed by atoms with van der Waals surface area (Å²) in [6.07, 6.45) is 7.32. The van der Waals surface area contributed by atoms with Gasteiger partial charge < -0.3 is 9.47 Å². The summed E-state index contributed by atoms with van der Waals surface area (Å²) >= 11 is 4.65. The van der Waals surface area contributed by atoms with Crippen LogP contribution in [0.15, 0.2) is 27.7 Å². The summed E-state index contributed by atoms with van der Waals surface area (Å²) in [4.78, 5) is 30.7. The van der Waals surface area contributed by atoms with E-state index in [-0.39, 0.29) is 6.54 Å². The Morgan fingerprint density at radius 2 is 2.13 bits per heavy atom. The lowest BCUT2D eigenvalue weighted by Crippen LogP contribution is -2.42. The fraction of sp³-hybridized carbons (Fsp3) is 0.450. The van der Waals surface area contributed by atoms with Crippen molar-refractivity contribution in [1.29, 1.82) is 0 Å². The van der Waals surface area contributed by atoms with E-state index in [1.54, 1.807) is 9.47 Å². The Hall–Kier alpha value is -1.96. The minimum absolute atomic E-state index is 0.201. The van der Waals surface area contributed by atoms with Gasteiger partial charge in [0, 0.05) is 17.6 Å². The molecule has 7 nitrogen and oxygen atoms in total. The summed E-state index contributed by atoms with van der Waals surface area (Å²) in [6, 6.07) is 5.59. The first-order chi connectivity index (χ1) is 14.2. The molecule has 0 spiro atoms. The van der Waals surface area contributed by atoms with Crippen molar-refractivity contribution in [2.24, 2.45) is 10.9 Å². The van der Waals surface area contributed by atoms with Gasteiger partial charge in [-0.2, -0.15) is 4.99 Å². The number of benzene rings is 1. The van der Waals surface area contributed by atoms with Crippen molar-refractivity contribution in [1.82, 2.24) is 9.47 Å². The maximum absolute atomic E-state index is 12.4. The summed E-state index contributed by atoms with van der Waals surface area (Å²) < 4.78 is 28.3. The predicted octanol–water partition coefficient (Wildman–Crippen LogP) is 2.20. The Labute approximate surface area is 187 Å². The normalized spacial score (nSPS) is 17.8. The summed E-state index contributed by atoms with van der Waals surface area (Å²) in [5, 5.41) is 0. The number of halogens is 1. The molecule has 1 aliphatic rings. The van der Waals surface area contributed by atoms with Crippen LogP contribution in [0.3, 0.4) is 0 Å². The van der Waals surface area contributed by atoms with Gasteiger partial charge in [-0.05, 0) is 37.0 Å². The third-order valence-electron chi connectivity index (χ3n) is 4.81. The van der Waals surface area contributed by atoms with Gasteiger partial charge in [-0.25, -0.2) is 8.42 Å². The lowest BCUT2D eigenvalue weighted by molar-refractivity contribution is -0.130. The standard InChI is InChI=1S/C20H22BrN3O4S2/c1-3-8-24-16-7-6-15(21)10-17(16)29-20(24)22-18(25)12-30(27,28)13-19(26)23-9-4-5-14(2)11-23/h1,6-7,10,14H,4-5,8-9,11-13H2,2H3. The average molecular weight is 512 g/mol. The first kappa shape index (κ1) is 22.7. The van der Waals surface area contributed by atoms with Crippen LogP contribution in [0, 0.1) is 18.3 Å². The molecule has 1 atom stereocenters. The summed E-state index contributed by atoms with van der Waals surface area (Å²) in [5.41, 5.74) is 0.810. The molecule has 30 heavy (non-hydrogen) atoms. The number of piperidine rings is 1. The number of sulfone groups is 1. The molecule has 1 fully saturated rings. The molecule has 1 aromatic heterocycles. The number of likely N-dealkylation sites (tertiary alicyclic amines) is 1. The smallest absolute Gasteiger partial charge is 0.263 e. The molecule has 2 aromatic rings. The van der Waals surface area contributed by atoms with Crippen molar-refractivity contribution in [3.8, 4) is 12.3 Å². The minimum atomic E-state index is -3.92. The predicted molar refractivity (Wildman–Crippen MR) is 121 cm³/mol. The summed E-state index contributed by atoms with van der Waals surface area (Å²) in [6.45, 7) is 3.34. The highest BCUT2D eigenvalue weighted by Gasteiger charge is 2.27. The van der Waals surface area contributed by atoms with Crippen LogP contribution in [0.5, 0.6) is 0 Å². The minimum Gasteiger partial charge on any atom is -0.342 e. The fourth-order valence-electron chi connectivity index (χ4n) is 3.45. The maximum Gasteiger partial charge on any atom is 0.263 e. The number of thiazole rings is 1. The number of aromatic nitrogens is 1. The van der Waals surface area contributed by atoms with Crippen molar-refractivity contribution >= 4 is 59.1 Å². The van der Waals surface area contributed by atoms with Gasteiger partial charge in [0.05, 0.1) is 16.8 Å². The average Bonchev–Trinajstić information content (AvgIpc) is 2.97. The van der Waals surface area contributed by atoms with Gasteiger partial charge in [0.15, 0.2) is 14.6 Å². The summed E-state index contributed by atoms with van der Waals surface area (Å²) in [7, 11) is -3.92. The molecule has 3 rings (SSSR count). The van der Waals surface area contributed by atoms with E-state index in [0.29, 0.717) is 23.8 Å². The Morgan fingerprint density at radius 1 is 1.37 bits per heavy atom. The maximum atomic E-state index is 12.4. The van der Waals surface area contributed by atoms with Gasteiger partial charge in [0.25, 0.3) is 5.91 Å². The van der Waals surface area contributed by atoms with Gasteiger partial charge in [-0.15, -0.1) is 6.42 Å². The molecule has 0 bridgehead atoms. The van der Waals surface area contributed by atoms with Crippen molar-refractivity contribution in [3.05, 3.63) is 27.5 Å². The van der Waals surface area contributed by atoms with E-state index in [2.05, 4.69) is 26.8 Å². The highest BCUT2D eigenvalue weighted by atomic mass is 79.9. The van der Waals surface area contributed by atoms with Gasteiger partial charge in [-0.3, -0.25) is 9.59 Å². The van der Waals surface area contributed by atoms with E-state index in [4.69, 9.17) is 6.42 Å². The molecule has 2 heterocycles. The number of rotatable bonds is 5. The number of terminal acetylenes is 1. The first-order valence-corrected chi connectivity index (χ1v) is 12.9. The molecule has 1 aromatic carbocycles. The molecule has 1 aliphatic heterocycles. The zero-order valence-electron chi connectivity index (χ0n) is 16.5. The molecule has 160 valence electrons. The number of carbonyl (C=O) groups is 2. The Balaban J connectivity index is 1.78. The lowest BCUT2D eigenvalue weighted by atomic mass is 10.0. The van der Waals surface area contributed by atoms with Crippen LogP contribution in [-0.2, 0) is 26.0 Å². The van der Waals surface area contributed by atoms with E-state index in [9.17, 15) is 18.0 Å². The van der Waals surface area contributed by atoms with Gasteiger partial charge in [-0.1, -0.05) is 40.1 Å². The van der Waals surface area contributed by atoms with Crippen molar-refractivity contribution < 1.29 is 18.0 Å². The number of nitrogens with zero attached hydrogens (tertiary/aromatic N) is 3. The van der Waals surface area contributed by atoms with Crippen molar-refractivity contribution in [2.45, 2.75) is 26.3 Å². The molecule has 1 unspecified atom stereocenters. The number of carbonyl (C=O) groups excluding carboxylic acids is 2. The van der Waals surface area contributed by atoms with E-state index in [0.717, 1.165) is 27.5 Å². The van der Waals surface area contributed by atoms with Crippen LogP contribution in [0.25, 0.3) is 10.2 Å². The fourth-order valence-corrected chi connectivity index (χ4v) is 6.15. The molecule has 0 saturated carbocycles. The molecular formula is C20H22BrN3O4S2. The molecule has 2 amide bonds. The number of amides is 2. The quantitative estimate of drug-likeness (QED) is 0.575. The molecule has 1 saturated heterocycles. The van der Waals surface area contributed by atoms with Crippen LogP contribution in [0.1, 0.15) is 19.8 Å². The van der Waals surface area contributed by atoms with Crippen LogP contribution < -0.4 is 4.80 Å². The second-order valence-electron chi connectivity index (χ2n) is 7.41. The largest absolute Gasteiger partial charge is 0.342 e. The Kier molecular flexibility index (Phi) is 7.16. The molecule has 10 heteroatoms. The van der Waals surface area contributed by atoms with E-state index < -0.39 is 33.2 Å². The molecular weight excluding hydrogens is 490 g/mol. The molecule has 0 N–H and O–H groups in total. The van der Waals surface area contributed by atoms with E-state index in [1.165, 1.54) is 11.3 Å². The second-order valence-corrected chi connectivity index (χ2v) is 11.4. The summed E-state index contributed by atoms with van der Waals surface area (Å²) in [5.74, 6) is 0.118. The van der Waals surface area contributed by atoms with Gasteiger partial charge in [0.2, 0.25) is 5.91 Å². The Morgan fingerprint density at radius 3 is 2.83 bits per heavy atom. The van der Waals surface area contributed by atoms with Crippen LogP contribution >= 0.6 is 27.3 Å². The monoisotopic (exact) mass is 511 g/mol. The Bertz CT molecular complexity index is 1190. The van der Waals surface area contributed by atoms with Crippen LogP contribution in [0.2, 0.25) is 0 Å². The first-order valence-electron chi connectivity index (χ1n) is 9.46. The second kappa shape index (κ2) is 9.45. The third kappa shape index (κ3) is 5.59. The van der Waals surface area contributed by atoms with Gasteiger partial charge >= 0.3 is 0 Å². The highest BCUT2D eigenvalue weighted by Crippen LogP contribution is 2.22. The van der Waals surface area contributed by atoms with Crippen LogP contribution in [0.4, 0.5) is 0 Å². The lowest BCUT2D eigenvalue weighted by Gasteiger charge is -2.30. The van der Waals surface area contributed by atoms with E-state index >= 15 is 0 Å². The topological polar surface area (TPSA) is 88.8 Å². The van der Waals surface area contributed by atoms with Crippen LogP contribution in [-0.4, -0.2) is 54.3 Å². The van der Waals surface area contributed by atoms with Crippen molar-refractivity contribution in [3.63, 3.8) is 0 Å².